The third kappa shape index (κ3) is 2.56. The van der Waals surface area contributed by atoms with Crippen LogP contribution in [0.5, 0.6) is 0 Å². The zero-order valence-electron chi connectivity index (χ0n) is 10.6. The summed E-state index contributed by atoms with van der Waals surface area (Å²) in [5, 5.41) is 0.992. The van der Waals surface area contributed by atoms with Gasteiger partial charge in [0.2, 0.25) is 0 Å². The molecule has 0 saturated heterocycles. The molecule has 0 aliphatic carbocycles. The molecular formula is C15H8Cl2INO2. The van der Waals surface area contributed by atoms with Crippen molar-refractivity contribution in [1.82, 2.24) is 4.90 Å². The summed E-state index contributed by atoms with van der Waals surface area (Å²) in [6, 6.07) is 10.2. The quantitative estimate of drug-likeness (QED) is 0.522. The normalized spacial score (nSPS) is 13.8. The fourth-order valence-corrected chi connectivity index (χ4v) is 3.37. The number of halogens is 3. The molecule has 1 aliphatic heterocycles. The van der Waals surface area contributed by atoms with E-state index in [2.05, 4.69) is 22.6 Å². The van der Waals surface area contributed by atoms with Crippen molar-refractivity contribution in [1.29, 1.82) is 0 Å². The van der Waals surface area contributed by atoms with Crippen molar-refractivity contribution in [3.8, 4) is 0 Å². The van der Waals surface area contributed by atoms with Gasteiger partial charge in [-0.3, -0.25) is 14.5 Å². The van der Waals surface area contributed by atoms with Gasteiger partial charge in [-0.2, -0.15) is 0 Å². The van der Waals surface area contributed by atoms with Crippen molar-refractivity contribution in [2.75, 3.05) is 0 Å². The lowest BCUT2D eigenvalue weighted by atomic mass is 10.1. The summed E-state index contributed by atoms with van der Waals surface area (Å²) in [7, 11) is 0. The highest BCUT2D eigenvalue weighted by Crippen LogP contribution is 2.30. The Morgan fingerprint density at radius 3 is 2.52 bits per heavy atom. The number of fused-ring (bicyclic) bond motifs is 1. The molecule has 0 saturated carbocycles. The summed E-state index contributed by atoms with van der Waals surface area (Å²) >= 11 is 14.1. The van der Waals surface area contributed by atoms with Crippen LogP contribution in [0.15, 0.2) is 36.4 Å². The molecule has 106 valence electrons. The zero-order chi connectivity index (χ0) is 15.1. The van der Waals surface area contributed by atoms with Crippen molar-refractivity contribution in [3.05, 3.63) is 66.7 Å². The highest BCUT2D eigenvalue weighted by Gasteiger charge is 2.37. The summed E-state index contributed by atoms with van der Waals surface area (Å²) in [6.07, 6.45) is 0. The second-order valence-corrected chi connectivity index (χ2v) is 6.60. The van der Waals surface area contributed by atoms with Crippen LogP contribution in [-0.4, -0.2) is 16.7 Å². The minimum atomic E-state index is -0.301. The van der Waals surface area contributed by atoms with Crippen molar-refractivity contribution in [2.24, 2.45) is 0 Å². The molecule has 3 nitrogen and oxygen atoms in total. The number of amides is 2. The summed E-state index contributed by atoms with van der Waals surface area (Å²) in [6.45, 7) is 0.113. The lowest BCUT2D eigenvalue weighted by molar-refractivity contribution is 0.0642. The molecular weight excluding hydrogens is 424 g/mol. The molecule has 6 heteroatoms. The largest absolute Gasteiger partial charge is 0.270 e. The van der Waals surface area contributed by atoms with E-state index >= 15 is 0 Å². The molecule has 21 heavy (non-hydrogen) atoms. The number of carbonyl (C=O) groups excluding carboxylic acids is 2. The minimum Gasteiger partial charge on any atom is -0.270 e. The number of hydrogen-bond donors (Lipinski definition) is 0. The first-order chi connectivity index (χ1) is 9.99. The molecule has 3 rings (SSSR count). The predicted octanol–water partition coefficient (Wildman–Crippen LogP) is 4.39. The predicted molar refractivity (Wildman–Crippen MR) is 89.8 cm³/mol. The Morgan fingerprint density at radius 1 is 1.05 bits per heavy atom. The molecule has 0 N–H and O–H groups in total. The van der Waals surface area contributed by atoms with Crippen molar-refractivity contribution < 1.29 is 9.59 Å². The number of rotatable bonds is 2. The molecule has 0 spiro atoms. The Kier molecular flexibility index (Phi) is 3.94. The van der Waals surface area contributed by atoms with Crippen LogP contribution in [0.4, 0.5) is 0 Å². The van der Waals surface area contributed by atoms with Gasteiger partial charge in [-0.25, -0.2) is 0 Å². The molecule has 1 aliphatic rings. The first-order valence-electron chi connectivity index (χ1n) is 6.07. The van der Waals surface area contributed by atoms with Gasteiger partial charge in [0.1, 0.15) is 0 Å². The minimum absolute atomic E-state index is 0.113. The fraction of sp³-hybridized carbons (Fsp3) is 0.0667. The Balaban J connectivity index is 1.99. The van der Waals surface area contributed by atoms with Gasteiger partial charge >= 0.3 is 0 Å². The molecule has 2 aromatic rings. The Hall–Kier alpha value is -1.11. The van der Waals surface area contributed by atoms with E-state index in [1.54, 1.807) is 36.4 Å². The van der Waals surface area contributed by atoms with Crippen LogP contribution in [0.3, 0.4) is 0 Å². The van der Waals surface area contributed by atoms with Gasteiger partial charge in [0.05, 0.1) is 17.7 Å². The van der Waals surface area contributed by atoms with Crippen LogP contribution < -0.4 is 0 Å². The summed E-state index contributed by atoms with van der Waals surface area (Å²) in [5.74, 6) is -0.597. The number of hydrogen-bond acceptors (Lipinski definition) is 2. The van der Waals surface area contributed by atoms with Gasteiger partial charge in [-0.15, -0.1) is 0 Å². The van der Waals surface area contributed by atoms with Crippen molar-refractivity contribution in [3.63, 3.8) is 0 Å². The van der Waals surface area contributed by atoms with Crippen LogP contribution >= 0.6 is 45.8 Å². The van der Waals surface area contributed by atoms with Crippen LogP contribution in [0.25, 0.3) is 0 Å². The molecule has 2 amide bonds. The number of carbonyl (C=O) groups is 2. The van der Waals surface area contributed by atoms with Crippen LogP contribution in [-0.2, 0) is 6.54 Å². The molecule has 0 fully saturated rings. The molecule has 0 bridgehead atoms. The third-order valence-electron chi connectivity index (χ3n) is 3.28. The maximum absolute atomic E-state index is 12.5. The Labute approximate surface area is 145 Å². The van der Waals surface area contributed by atoms with Gasteiger partial charge in [-0.1, -0.05) is 29.3 Å². The van der Waals surface area contributed by atoms with E-state index in [0.29, 0.717) is 26.7 Å². The number of benzene rings is 2. The highest BCUT2D eigenvalue weighted by atomic mass is 127. The summed E-state index contributed by atoms with van der Waals surface area (Å²) in [4.78, 5) is 26.0. The van der Waals surface area contributed by atoms with Crippen LogP contribution in [0.2, 0.25) is 10.0 Å². The monoisotopic (exact) mass is 431 g/mol. The van der Waals surface area contributed by atoms with E-state index < -0.39 is 0 Å². The van der Waals surface area contributed by atoms with Crippen LogP contribution in [0.1, 0.15) is 26.3 Å². The second-order valence-electron chi connectivity index (χ2n) is 4.59. The second kappa shape index (κ2) is 5.59. The molecule has 0 atom stereocenters. The van der Waals surface area contributed by atoms with E-state index in [-0.39, 0.29) is 18.4 Å². The van der Waals surface area contributed by atoms with E-state index in [1.807, 2.05) is 0 Å². The standard InChI is InChI=1S/C15H8Cl2INO2/c16-9-4-5-11(17)8(6-9)7-19-14(20)10-2-1-3-12(18)13(10)15(19)21/h1-6H,7H2. The SMILES string of the molecule is O=C1c2cccc(I)c2C(=O)N1Cc1cc(Cl)ccc1Cl. The van der Waals surface area contributed by atoms with Gasteiger partial charge < -0.3 is 0 Å². The van der Waals surface area contributed by atoms with E-state index in [9.17, 15) is 9.59 Å². The molecule has 0 unspecified atom stereocenters. The summed E-state index contributed by atoms with van der Waals surface area (Å²) in [5.41, 5.74) is 1.54. The van der Waals surface area contributed by atoms with Gasteiger partial charge in [0, 0.05) is 13.6 Å². The average Bonchev–Trinajstić information content (AvgIpc) is 2.69. The van der Waals surface area contributed by atoms with Crippen molar-refractivity contribution in [2.45, 2.75) is 6.54 Å². The van der Waals surface area contributed by atoms with Gasteiger partial charge in [0.15, 0.2) is 0 Å². The Morgan fingerprint density at radius 2 is 1.81 bits per heavy atom. The first-order valence-corrected chi connectivity index (χ1v) is 7.91. The summed E-state index contributed by atoms with van der Waals surface area (Å²) < 4.78 is 0.767. The number of nitrogens with zero attached hydrogens (tertiary/aromatic N) is 1. The first kappa shape index (κ1) is 14.8. The molecule has 2 aromatic carbocycles. The highest BCUT2D eigenvalue weighted by molar-refractivity contribution is 14.1. The zero-order valence-corrected chi connectivity index (χ0v) is 14.2. The van der Waals surface area contributed by atoms with Crippen molar-refractivity contribution >= 4 is 57.6 Å². The molecule has 0 aromatic heterocycles. The van der Waals surface area contributed by atoms with Crippen LogP contribution in [0, 0.1) is 3.57 Å². The van der Waals surface area contributed by atoms with E-state index in [4.69, 9.17) is 23.2 Å². The topological polar surface area (TPSA) is 37.4 Å². The lowest BCUT2D eigenvalue weighted by Crippen LogP contribution is -2.29. The maximum atomic E-state index is 12.5. The fourth-order valence-electron chi connectivity index (χ4n) is 2.27. The number of imide groups is 1. The molecule has 1 heterocycles. The van der Waals surface area contributed by atoms with Gasteiger partial charge in [-0.05, 0) is 58.5 Å². The Bertz CT molecular complexity index is 776. The van der Waals surface area contributed by atoms with Gasteiger partial charge in [0.25, 0.3) is 11.8 Å². The smallest absolute Gasteiger partial charge is 0.262 e. The molecule has 0 radical (unpaired) electrons. The lowest BCUT2D eigenvalue weighted by Gasteiger charge is -2.15. The van der Waals surface area contributed by atoms with E-state index in [1.165, 1.54) is 4.90 Å². The van der Waals surface area contributed by atoms with E-state index in [0.717, 1.165) is 3.57 Å². The third-order valence-corrected chi connectivity index (χ3v) is 4.79. The maximum Gasteiger partial charge on any atom is 0.262 e. The average molecular weight is 432 g/mol.